The van der Waals surface area contributed by atoms with E-state index >= 15 is 0 Å². The van der Waals surface area contributed by atoms with Crippen LogP contribution in [0.5, 0.6) is 0 Å². The van der Waals surface area contributed by atoms with Gasteiger partial charge < -0.3 is 5.32 Å². The van der Waals surface area contributed by atoms with Crippen LogP contribution in [0.4, 0.5) is 0 Å². The number of hydrogen-bond donors (Lipinski definition) is 2. The summed E-state index contributed by atoms with van der Waals surface area (Å²) in [6.07, 6.45) is 3.27. The van der Waals surface area contributed by atoms with Crippen LogP contribution in [-0.2, 0) is 0 Å². The molecule has 1 aromatic carbocycles. The first kappa shape index (κ1) is 19.3. The summed E-state index contributed by atoms with van der Waals surface area (Å²) in [6.45, 7) is 7.72. The molecule has 3 heterocycles. The highest BCUT2D eigenvalue weighted by Crippen LogP contribution is 2.16. The molecule has 0 atom stereocenters. The molecule has 0 saturated carbocycles. The van der Waals surface area contributed by atoms with Crippen molar-refractivity contribution in [3.63, 3.8) is 0 Å². The molecule has 0 fully saturated rings. The fraction of sp³-hybridized carbons (Fsp3) is 0.130. The van der Waals surface area contributed by atoms with E-state index in [1.807, 2.05) is 44.2 Å². The first-order valence-electron chi connectivity index (χ1n) is 9.50. The Morgan fingerprint density at radius 3 is 2.57 bits per heavy atom. The van der Waals surface area contributed by atoms with Crippen molar-refractivity contribution in [1.29, 1.82) is 5.41 Å². The summed E-state index contributed by atoms with van der Waals surface area (Å²) in [4.78, 5) is 30.7. The van der Waals surface area contributed by atoms with E-state index in [2.05, 4.69) is 16.9 Å². The Labute approximate surface area is 172 Å². The van der Waals surface area contributed by atoms with Crippen LogP contribution in [0, 0.1) is 19.3 Å². The van der Waals surface area contributed by atoms with Crippen molar-refractivity contribution in [2.75, 3.05) is 6.54 Å². The number of fused-ring (bicyclic) bond motifs is 2. The average Bonchev–Trinajstić information content (AvgIpc) is 2.73. The smallest absolute Gasteiger partial charge is 0.267 e. The molecular weight excluding hydrogens is 378 g/mol. The number of nitrogens with zero attached hydrogens (tertiary/aromatic N) is 3. The summed E-state index contributed by atoms with van der Waals surface area (Å²) in [6, 6.07) is 12.6. The van der Waals surface area contributed by atoms with Gasteiger partial charge in [0.25, 0.3) is 11.5 Å². The van der Waals surface area contributed by atoms with Gasteiger partial charge in [-0.1, -0.05) is 29.8 Å². The topological polar surface area (TPSA) is 92.2 Å². The molecule has 7 heteroatoms. The standard InChI is InChI=1S/C23H21N5O2/c1-4-11-25-22(29)17-12-18-21(26-19-10-7-15(3)13-27(19)23(18)30)28(20(17)24)16-8-5-14(2)6-9-16/h4-10,12-13,24H,1,11H2,2-3H3,(H,25,29). The van der Waals surface area contributed by atoms with Gasteiger partial charge in [0.15, 0.2) is 5.65 Å². The Morgan fingerprint density at radius 1 is 1.17 bits per heavy atom. The monoisotopic (exact) mass is 399 g/mol. The van der Waals surface area contributed by atoms with Crippen LogP contribution in [-0.4, -0.2) is 26.4 Å². The lowest BCUT2D eigenvalue weighted by Crippen LogP contribution is -2.34. The number of aryl methyl sites for hydroxylation is 2. The van der Waals surface area contributed by atoms with Gasteiger partial charge in [-0.05, 0) is 43.7 Å². The predicted molar refractivity (Wildman–Crippen MR) is 116 cm³/mol. The quantitative estimate of drug-likeness (QED) is 0.408. The Kier molecular flexibility index (Phi) is 4.79. The van der Waals surface area contributed by atoms with E-state index in [4.69, 9.17) is 5.41 Å². The molecule has 1 amide bonds. The van der Waals surface area contributed by atoms with Crippen molar-refractivity contribution in [2.24, 2.45) is 0 Å². The van der Waals surface area contributed by atoms with Crippen molar-refractivity contribution in [2.45, 2.75) is 13.8 Å². The van der Waals surface area contributed by atoms with Crippen molar-refractivity contribution in [3.8, 4) is 5.69 Å². The van der Waals surface area contributed by atoms with Crippen LogP contribution in [0.15, 0.2) is 66.1 Å². The highest BCUT2D eigenvalue weighted by molar-refractivity contribution is 5.97. The molecule has 0 radical (unpaired) electrons. The maximum absolute atomic E-state index is 13.3. The summed E-state index contributed by atoms with van der Waals surface area (Å²) < 4.78 is 3.01. The highest BCUT2D eigenvalue weighted by Gasteiger charge is 2.18. The van der Waals surface area contributed by atoms with Crippen molar-refractivity contribution < 1.29 is 4.79 Å². The maximum atomic E-state index is 13.3. The molecule has 0 unspecified atom stereocenters. The number of carbonyl (C=O) groups is 1. The lowest BCUT2D eigenvalue weighted by atomic mass is 10.1. The van der Waals surface area contributed by atoms with Gasteiger partial charge in [0, 0.05) is 18.4 Å². The summed E-state index contributed by atoms with van der Waals surface area (Å²) >= 11 is 0. The van der Waals surface area contributed by atoms with Gasteiger partial charge in [0.05, 0.1) is 10.9 Å². The molecule has 30 heavy (non-hydrogen) atoms. The zero-order chi connectivity index (χ0) is 21.4. The molecule has 0 saturated heterocycles. The fourth-order valence-corrected chi connectivity index (χ4v) is 3.36. The van der Waals surface area contributed by atoms with Crippen LogP contribution < -0.4 is 16.4 Å². The lowest BCUT2D eigenvalue weighted by Gasteiger charge is -2.15. The van der Waals surface area contributed by atoms with Crippen molar-refractivity contribution in [3.05, 3.63) is 93.8 Å². The minimum atomic E-state index is -0.448. The predicted octanol–water partition coefficient (Wildman–Crippen LogP) is 2.65. The second kappa shape index (κ2) is 7.44. The molecule has 3 aromatic heterocycles. The van der Waals surface area contributed by atoms with Crippen LogP contribution in [0.2, 0.25) is 0 Å². The molecule has 4 rings (SSSR count). The van der Waals surface area contributed by atoms with Gasteiger partial charge in [0.2, 0.25) is 0 Å². The van der Waals surface area contributed by atoms with E-state index in [9.17, 15) is 9.59 Å². The van der Waals surface area contributed by atoms with Gasteiger partial charge in [-0.3, -0.25) is 24.0 Å². The van der Waals surface area contributed by atoms with E-state index in [0.717, 1.165) is 11.1 Å². The number of nitrogens with one attached hydrogen (secondary N) is 2. The van der Waals surface area contributed by atoms with Gasteiger partial charge in [0.1, 0.15) is 11.1 Å². The molecule has 7 nitrogen and oxygen atoms in total. The average molecular weight is 399 g/mol. The van der Waals surface area contributed by atoms with Gasteiger partial charge in [-0.15, -0.1) is 6.58 Å². The summed E-state index contributed by atoms with van der Waals surface area (Å²) in [5, 5.41) is 11.7. The van der Waals surface area contributed by atoms with E-state index < -0.39 is 5.91 Å². The number of amides is 1. The van der Waals surface area contributed by atoms with Gasteiger partial charge in [-0.2, -0.15) is 0 Å². The third kappa shape index (κ3) is 3.20. The number of pyridine rings is 2. The Morgan fingerprint density at radius 2 is 1.87 bits per heavy atom. The molecule has 0 spiro atoms. The molecular formula is C23H21N5O2. The lowest BCUT2D eigenvalue weighted by molar-refractivity contribution is 0.0956. The van der Waals surface area contributed by atoms with Crippen LogP contribution >= 0.6 is 0 Å². The van der Waals surface area contributed by atoms with E-state index in [0.29, 0.717) is 17.0 Å². The van der Waals surface area contributed by atoms with Crippen LogP contribution in [0.1, 0.15) is 21.5 Å². The number of aromatic nitrogens is 3. The highest BCUT2D eigenvalue weighted by atomic mass is 16.1. The van der Waals surface area contributed by atoms with E-state index in [1.54, 1.807) is 22.9 Å². The molecule has 0 aliphatic rings. The fourth-order valence-electron chi connectivity index (χ4n) is 3.36. The second-order valence-electron chi connectivity index (χ2n) is 7.17. The molecule has 0 aliphatic carbocycles. The summed E-state index contributed by atoms with van der Waals surface area (Å²) in [5.74, 6) is -0.448. The normalized spacial score (nSPS) is 11.0. The first-order valence-corrected chi connectivity index (χ1v) is 9.50. The zero-order valence-electron chi connectivity index (χ0n) is 16.8. The summed E-state index contributed by atoms with van der Waals surface area (Å²) in [7, 11) is 0. The van der Waals surface area contributed by atoms with Crippen molar-refractivity contribution >= 4 is 22.6 Å². The molecule has 0 aliphatic heterocycles. The van der Waals surface area contributed by atoms with Crippen LogP contribution in [0.25, 0.3) is 22.4 Å². The third-order valence-electron chi connectivity index (χ3n) is 4.91. The summed E-state index contributed by atoms with van der Waals surface area (Å²) in [5.41, 5.74) is 3.19. The molecule has 150 valence electrons. The number of benzene rings is 1. The second-order valence-corrected chi connectivity index (χ2v) is 7.17. The number of rotatable bonds is 4. The van der Waals surface area contributed by atoms with E-state index in [-0.39, 0.29) is 28.5 Å². The Hall–Kier alpha value is -4.00. The third-order valence-corrected chi connectivity index (χ3v) is 4.91. The number of hydrogen-bond acceptors (Lipinski definition) is 4. The largest absolute Gasteiger partial charge is 0.348 e. The molecule has 0 bridgehead atoms. The minimum absolute atomic E-state index is 0.0451. The maximum Gasteiger partial charge on any atom is 0.267 e. The Bertz CT molecular complexity index is 1430. The van der Waals surface area contributed by atoms with Crippen molar-refractivity contribution in [1.82, 2.24) is 19.3 Å². The minimum Gasteiger partial charge on any atom is -0.348 e. The van der Waals surface area contributed by atoms with Crippen LogP contribution in [0.3, 0.4) is 0 Å². The Balaban J connectivity index is 2.14. The molecule has 2 N–H and O–H groups in total. The van der Waals surface area contributed by atoms with Gasteiger partial charge in [-0.25, -0.2) is 4.98 Å². The van der Waals surface area contributed by atoms with Gasteiger partial charge >= 0.3 is 0 Å². The first-order chi connectivity index (χ1) is 14.4. The zero-order valence-corrected chi connectivity index (χ0v) is 16.8. The van der Waals surface area contributed by atoms with E-state index in [1.165, 1.54) is 10.5 Å². The SMILES string of the molecule is C=CCNC(=O)c1cc2c(=O)n3cc(C)ccc3nc2n(-c2ccc(C)cc2)c1=N. The number of carbonyl (C=O) groups excluding carboxylic acids is 1. The molecule has 4 aromatic rings.